The zero-order valence-corrected chi connectivity index (χ0v) is 7.28. The molecule has 0 atom stereocenters. The highest BCUT2D eigenvalue weighted by Crippen LogP contribution is 2.04. The molecule has 0 bridgehead atoms. The monoisotopic (exact) mass is 175 g/mol. The van der Waals surface area contributed by atoms with Gasteiger partial charge in [-0.2, -0.15) is 0 Å². The smallest absolute Gasteiger partial charge is 0.260 e. The Bertz CT molecular complexity index is 365. The van der Waals surface area contributed by atoms with Crippen LogP contribution < -0.4 is 0 Å². The summed E-state index contributed by atoms with van der Waals surface area (Å²) in [6, 6.07) is 7.52. The predicted molar refractivity (Wildman–Crippen MR) is 48.0 cm³/mol. The van der Waals surface area contributed by atoms with E-state index >= 15 is 0 Å². The van der Waals surface area contributed by atoms with Crippen molar-refractivity contribution in [1.82, 2.24) is 0 Å². The Hall–Kier alpha value is -1.73. The van der Waals surface area contributed by atoms with E-state index in [0.717, 1.165) is 11.1 Å². The van der Waals surface area contributed by atoms with Crippen LogP contribution in [0.15, 0.2) is 29.3 Å². The Morgan fingerprint density at radius 3 is 2.92 bits per heavy atom. The number of hydrogen-bond donors (Lipinski definition) is 0. The second-order valence-corrected chi connectivity index (χ2v) is 2.76. The van der Waals surface area contributed by atoms with Gasteiger partial charge in [-0.05, 0) is 12.5 Å². The fraction of sp³-hybridized carbons (Fsp3) is 0.200. The Morgan fingerprint density at radius 1 is 1.54 bits per heavy atom. The second kappa shape index (κ2) is 4.33. The number of rotatable bonds is 2. The normalized spacial score (nSPS) is 9.00. The molecule has 0 spiro atoms. The lowest BCUT2D eigenvalue weighted by atomic mass is 10.1. The van der Waals surface area contributed by atoms with Crippen LogP contribution in [0.3, 0.4) is 0 Å². The molecular formula is C10H9NO2. The Labute approximate surface area is 76.1 Å². The lowest BCUT2D eigenvalue weighted by Gasteiger charge is -1.97. The van der Waals surface area contributed by atoms with Crippen molar-refractivity contribution in [3.63, 3.8) is 0 Å². The van der Waals surface area contributed by atoms with E-state index in [0.29, 0.717) is 0 Å². The summed E-state index contributed by atoms with van der Waals surface area (Å²) in [5, 5.41) is 0. The first kappa shape index (κ1) is 9.36. The van der Waals surface area contributed by atoms with Crippen molar-refractivity contribution in [3.05, 3.63) is 35.4 Å². The van der Waals surface area contributed by atoms with Gasteiger partial charge in [-0.25, -0.2) is 4.79 Å². The summed E-state index contributed by atoms with van der Waals surface area (Å²) in [6.07, 6.45) is 1.39. The minimum atomic E-state index is -0.458. The van der Waals surface area contributed by atoms with E-state index in [2.05, 4.69) is 4.99 Å². The molecular weight excluding hydrogens is 166 g/mol. The van der Waals surface area contributed by atoms with Crippen molar-refractivity contribution in [2.75, 3.05) is 0 Å². The number of amides is 1. The minimum Gasteiger partial charge on any atom is -0.271 e. The molecule has 0 heterocycles. The first-order valence-corrected chi connectivity index (χ1v) is 3.88. The van der Waals surface area contributed by atoms with Gasteiger partial charge < -0.3 is 0 Å². The fourth-order valence-electron chi connectivity index (χ4n) is 1.09. The predicted octanol–water partition coefficient (Wildman–Crippen LogP) is 1.40. The molecule has 0 unspecified atom stereocenters. The Kier molecular flexibility index (Phi) is 3.12. The third kappa shape index (κ3) is 3.01. The van der Waals surface area contributed by atoms with E-state index in [1.54, 1.807) is 0 Å². The summed E-state index contributed by atoms with van der Waals surface area (Å²) < 4.78 is 0. The molecule has 66 valence electrons. The molecule has 1 aromatic carbocycles. The third-order valence-corrected chi connectivity index (χ3v) is 1.61. The summed E-state index contributed by atoms with van der Waals surface area (Å²) in [4.78, 5) is 23.7. The third-order valence-electron chi connectivity index (χ3n) is 1.61. The number of carbonyl (C=O) groups excluding carboxylic acids is 2. The molecule has 0 saturated heterocycles. The number of aliphatic imine (C=N–C) groups is 1. The topological polar surface area (TPSA) is 46.5 Å². The van der Waals surface area contributed by atoms with Gasteiger partial charge in [0.2, 0.25) is 6.08 Å². The summed E-state index contributed by atoms with van der Waals surface area (Å²) >= 11 is 0. The molecule has 3 heteroatoms. The molecule has 0 aliphatic heterocycles. The first-order chi connectivity index (χ1) is 6.22. The average molecular weight is 175 g/mol. The van der Waals surface area contributed by atoms with Crippen LogP contribution in [0.2, 0.25) is 0 Å². The molecule has 0 aliphatic carbocycles. The van der Waals surface area contributed by atoms with Crippen LogP contribution in [-0.2, 0) is 16.0 Å². The highest BCUT2D eigenvalue weighted by atomic mass is 16.2. The van der Waals surface area contributed by atoms with Gasteiger partial charge in [0.25, 0.3) is 5.91 Å². The van der Waals surface area contributed by atoms with Gasteiger partial charge in [0, 0.05) is 0 Å². The van der Waals surface area contributed by atoms with Crippen LogP contribution in [0.4, 0.5) is 0 Å². The minimum absolute atomic E-state index is 0.164. The number of aryl methyl sites for hydroxylation is 1. The van der Waals surface area contributed by atoms with Crippen LogP contribution in [0, 0.1) is 6.92 Å². The van der Waals surface area contributed by atoms with E-state index in [-0.39, 0.29) is 6.42 Å². The number of carbonyl (C=O) groups is 1. The lowest BCUT2D eigenvalue weighted by molar-refractivity contribution is -0.117. The van der Waals surface area contributed by atoms with E-state index in [4.69, 9.17) is 0 Å². The highest BCUT2D eigenvalue weighted by Gasteiger charge is 2.00. The van der Waals surface area contributed by atoms with Gasteiger partial charge in [-0.15, -0.1) is 4.99 Å². The average Bonchev–Trinajstić information content (AvgIpc) is 2.04. The number of benzene rings is 1. The van der Waals surface area contributed by atoms with E-state index in [9.17, 15) is 9.59 Å². The molecule has 0 fully saturated rings. The Balaban J connectivity index is 2.74. The van der Waals surface area contributed by atoms with Gasteiger partial charge in [-0.3, -0.25) is 4.79 Å². The maximum Gasteiger partial charge on any atom is 0.260 e. The van der Waals surface area contributed by atoms with Crippen LogP contribution in [0.5, 0.6) is 0 Å². The standard InChI is InChI=1S/C10H9NO2/c1-8-3-2-4-9(5-8)6-10(13)11-7-12/h2-5H,6H2,1H3. The van der Waals surface area contributed by atoms with Crippen LogP contribution in [0.1, 0.15) is 11.1 Å². The maximum absolute atomic E-state index is 10.9. The second-order valence-electron chi connectivity index (χ2n) is 2.76. The largest absolute Gasteiger partial charge is 0.271 e. The molecule has 0 aromatic heterocycles. The van der Waals surface area contributed by atoms with Gasteiger partial charge in [-0.1, -0.05) is 29.8 Å². The lowest BCUT2D eigenvalue weighted by Crippen LogP contribution is -1.98. The number of isocyanates is 1. The van der Waals surface area contributed by atoms with Crippen molar-refractivity contribution >= 4 is 12.0 Å². The van der Waals surface area contributed by atoms with E-state index < -0.39 is 5.91 Å². The molecule has 1 amide bonds. The van der Waals surface area contributed by atoms with Crippen molar-refractivity contribution in [2.24, 2.45) is 4.99 Å². The molecule has 1 rings (SSSR count). The SMILES string of the molecule is Cc1cccc(CC(=O)N=C=O)c1. The molecule has 0 saturated carbocycles. The summed E-state index contributed by atoms with van der Waals surface area (Å²) in [7, 11) is 0. The highest BCUT2D eigenvalue weighted by molar-refractivity contribution is 5.83. The van der Waals surface area contributed by atoms with E-state index in [1.165, 1.54) is 6.08 Å². The van der Waals surface area contributed by atoms with Crippen LogP contribution in [-0.4, -0.2) is 12.0 Å². The van der Waals surface area contributed by atoms with Gasteiger partial charge >= 0.3 is 0 Å². The number of nitrogens with zero attached hydrogens (tertiary/aromatic N) is 1. The van der Waals surface area contributed by atoms with Crippen molar-refractivity contribution in [2.45, 2.75) is 13.3 Å². The molecule has 3 nitrogen and oxygen atoms in total. The summed E-state index contributed by atoms with van der Waals surface area (Å²) in [6.45, 7) is 1.94. The Morgan fingerprint density at radius 2 is 2.31 bits per heavy atom. The zero-order valence-electron chi connectivity index (χ0n) is 7.28. The van der Waals surface area contributed by atoms with Gasteiger partial charge in [0.05, 0.1) is 6.42 Å². The van der Waals surface area contributed by atoms with Gasteiger partial charge in [0.15, 0.2) is 0 Å². The molecule has 0 radical (unpaired) electrons. The van der Waals surface area contributed by atoms with Gasteiger partial charge in [0.1, 0.15) is 0 Å². The quantitative estimate of drug-likeness (QED) is 0.503. The summed E-state index contributed by atoms with van der Waals surface area (Å²) in [5.74, 6) is -0.458. The maximum atomic E-state index is 10.9. The molecule has 13 heavy (non-hydrogen) atoms. The molecule has 0 aliphatic rings. The van der Waals surface area contributed by atoms with Crippen molar-refractivity contribution in [3.8, 4) is 0 Å². The first-order valence-electron chi connectivity index (χ1n) is 3.88. The van der Waals surface area contributed by atoms with Crippen molar-refractivity contribution in [1.29, 1.82) is 0 Å². The molecule has 0 N–H and O–H groups in total. The van der Waals surface area contributed by atoms with E-state index in [1.807, 2.05) is 31.2 Å². The summed E-state index contributed by atoms with van der Waals surface area (Å²) in [5.41, 5.74) is 1.95. The zero-order chi connectivity index (χ0) is 9.68. The van der Waals surface area contributed by atoms with Crippen molar-refractivity contribution < 1.29 is 9.59 Å². The van der Waals surface area contributed by atoms with Crippen LogP contribution >= 0.6 is 0 Å². The van der Waals surface area contributed by atoms with Crippen LogP contribution in [0.25, 0.3) is 0 Å². The fourth-order valence-corrected chi connectivity index (χ4v) is 1.09. The number of hydrogen-bond acceptors (Lipinski definition) is 2. The molecule has 1 aromatic rings.